The molecule has 4 aromatic rings. The summed E-state index contributed by atoms with van der Waals surface area (Å²) in [4.78, 5) is 14.5. The summed E-state index contributed by atoms with van der Waals surface area (Å²) in [6.45, 7) is 8.40. The van der Waals surface area contributed by atoms with Crippen molar-refractivity contribution in [3.05, 3.63) is 89.0 Å². The Labute approximate surface area is 166 Å². The van der Waals surface area contributed by atoms with Crippen molar-refractivity contribution in [1.82, 2.24) is 15.0 Å². The molecule has 0 saturated heterocycles. The van der Waals surface area contributed by atoms with Crippen molar-refractivity contribution in [3.63, 3.8) is 0 Å². The summed E-state index contributed by atoms with van der Waals surface area (Å²) in [5.74, 6) is 2.11. The second-order valence-corrected chi connectivity index (χ2v) is 7.31. The van der Waals surface area contributed by atoms with Crippen molar-refractivity contribution in [3.8, 4) is 34.2 Å². The Kier molecular flexibility index (Phi) is 4.74. The van der Waals surface area contributed by atoms with Crippen molar-refractivity contribution in [1.29, 1.82) is 0 Å². The number of hydrogen-bond acceptors (Lipinski definition) is 3. The van der Waals surface area contributed by atoms with Gasteiger partial charge in [-0.2, -0.15) is 0 Å². The zero-order valence-corrected chi connectivity index (χ0v) is 16.7. The fourth-order valence-electron chi connectivity index (χ4n) is 3.46. The number of aryl methyl sites for hydroxylation is 4. The summed E-state index contributed by atoms with van der Waals surface area (Å²) >= 11 is 0. The second kappa shape index (κ2) is 7.35. The first-order valence-electron chi connectivity index (χ1n) is 9.48. The van der Waals surface area contributed by atoms with Gasteiger partial charge in [0, 0.05) is 16.7 Å². The summed E-state index contributed by atoms with van der Waals surface area (Å²) in [7, 11) is 0. The van der Waals surface area contributed by atoms with E-state index in [1.807, 2.05) is 30.3 Å². The summed E-state index contributed by atoms with van der Waals surface area (Å²) in [6.07, 6.45) is 0. The van der Waals surface area contributed by atoms with E-state index in [-0.39, 0.29) is 0 Å². The molecule has 0 saturated carbocycles. The molecule has 3 aromatic carbocycles. The van der Waals surface area contributed by atoms with Crippen LogP contribution in [0.15, 0.2) is 66.7 Å². The van der Waals surface area contributed by atoms with Gasteiger partial charge in [-0.3, -0.25) is 0 Å². The number of nitrogens with zero attached hydrogens (tertiary/aromatic N) is 3. The summed E-state index contributed by atoms with van der Waals surface area (Å²) in [5, 5.41) is 0. The average Bonchev–Trinajstić information content (AvgIpc) is 2.68. The van der Waals surface area contributed by atoms with Crippen LogP contribution in [0.25, 0.3) is 34.2 Å². The first kappa shape index (κ1) is 18.1. The van der Waals surface area contributed by atoms with Crippen LogP contribution in [0.5, 0.6) is 0 Å². The Morgan fingerprint density at radius 2 is 0.964 bits per heavy atom. The average molecular weight is 365 g/mol. The molecule has 0 N–H and O–H groups in total. The van der Waals surface area contributed by atoms with Gasteiger partial charge >= 0.3 is 0 Å². The fourth-order valence-corrected chi connectivity index (χ4v) is 3.46. The third-order valence-corrected chi connectivity index (χ3v) is 4.91. The molecule has 0 aliphatic carbocycles. The Bertz CT molecular complexity index is 1080. The van der Waals surface area contributed by atoms with Crippen molar-refractivity contribution in [2.45, 2.75) is 27.7 Å². The minimum atomic E-state index is 0.695. The molecule has 0 bridgehead atoms. The van der Waals surface area contributed by atoms with E-state index < -0.39 is 0 Å². The van der Waals surface area contributed by atoms with Gasteiger partial charge in [-0.05, 0) is 38.8 Å². The van der Waals surface area contributed by atoms with Gasteiger partial charge in [-0.15, -0.1) is 0 Å². The lowest BCUT2D eigenvalue weighted by molar-refractivity contribution is 1.07. The number of rotatable bonds is 3. The van der Waals surface area contributed by atoms with Gasteiger partial charge < -0.3 is 0 Å². The maximum atomic E-state index is 4.86. The lowest BCUT2D eigenvalue weighted by atomic mass is 10.0. The van der Waals surface area contributed by atoms with Gasteiger partial charge in [0.25, 0.3) is 0 Å². The molecule has 1 aromatic heterocycles. The molecule has 0 fully saturated rings. The van der Waals surface area contributed by atoms with Crippen LogP contribution >= 0.6 is 0 Å². The Balaban J connectivity index is 1.96. The van der Waals surface area contributed by atoms with E-state index in [0.717, 1.165) is 27.8 Å². The monoisotopic (exact) mass is 365 g/mol. The van der Waals surface area contributed by atoms with Crippen LogP contribution in [0.4, 0.5) is 0 Å². The molecule has 0 atom stereocenters. The molecule has 3 nitrogen and oxygen atoms in total. The maximum absolute atomic E-state index is 4.86. The summed E-state index contributed by atoms with van der Waals surface area (Å²) in [6, 6.07) is 22.8. The molecular formula is C25H23N3. The second-order valence-electron chi connectivity index (χ2n) is 7.31. The highest BCUT2D eigenvalue weighted by Gasteiger charge is 2.14. The van der Waals surface area contributed by atoms with Crippen LogP contribution in [0, 0.1) is 27.7 Å². The van der Waals surface area contributed by atoms with Crippen LogP contribution in [-0.2, 0) is 0 Å². The highest BCUT2D eigenvalue weighted by atomic mass is 15.0. The number of hydrogen-bond donors (Lipinski definition) is 0. The summed E-state index contributed by atoms with van der Waals surface area (Å²) in [5.41, 5.74) is 7.85. The van der Waals surface area contributed by atoms with Crippen LogP contribution in [-0.4, -0.2) is 15.0 Å². The quantitative estimate of drug-likeness (QED) is 0.440. The molecule has 0 radical (unpaired) electrons. The van der Waals surface area contributed by atoms with Crippen LogP contribution in [0.3, 0.4) is 0 Å². The van der Waals surface area contributed by atoms with E-state index in [1.54, 1.807) is 0 Å². The highest BCUT2D eigenvalue weighted by Crippen LogP contribution is 2.28. The molecule has 0 unspecified atom stereocenters. The molecule has 1 heterocycles. The molecule has 3 heteroatoms. The van der Waals surface area contributed by atoms with Crippen LogP contribution in [0.2, 0.25) is 0 Å². The minimum Gasteiger partial charge on any atom is -0.208 e. The van der Waals surface area contributed by atoms with E-state index in [0.29, 0.717) is 17.5 Å². The third kappa shape index (κ3) is 3.56. The molecule has 28 heavy (non-hydrogen) atoms. The van der Waals surface area contributed by atoms with E-state index in [1.165, 1.54) is 11.1 Å². The van der Waals surface area contributed by atoms with Crippen LogP contribution in [0.1, 0.15) is 22.3 Å². The van der Waals surface area contributed by atoms with E-state index >= 15 is 0 Å². The molecule has 0 aliphatic heterocycles. The molecule has 0 spiro atoms. The minimum absolute atomic E-state index is 0.695. The number of benzene rings is 3. The van der Waals surface area contributed by atoms with Crippen molar-refractivity contribution in [2.75, 3.05) is 0 Å². The van der Waals surface area contributed by atoms with Crippen molar-refractivity contribution < 1.29 is 0 Å². The van der Waals surface area contributed by atoms with Crippen molar-refractivity contribution >= 4 is 0 Å². The molecular weight excluding hydrogens is 342 g/mol. The Morgan fingerprint density at radius 3 is 1.43 bits per heavy atom. The molecule has 138 valence electrons. The standard InChI is InChI=1S/C25H23N3/c1-16-10-12-21(18(3)14-16)24-26-23(20-8-6-5-7-9-20)27-25(28-24)22-13-11-17(2)15-19(22)4/h5-15H,1-4H3. The van der Waals surface area contributed by atoms with E-state index in [2.05, 4.69) is 64.1 Å². The third-order valence-electron chi connectivity index (χ3n) is 4.91. The maximum Gasteiger partial charge on any atom is 0.164 e. The molecule has 4 rings (SSSR count). The van der Waals surface area contributed by atoms with Gasteiger partial charge in [0.1, 0.15) is 0 Å². The van der Waals surface area contributed by atoms with E-state index in [4.69, 9.17) is 15.0 Å². The predicted molar refractivity (Wildman–Crippen MR) is 115 cm³/mol. The zero-order chi connectivity index (χ0) is 19.7. The topological polar surface area (TPSA) is 38.7 Å². The Morgan fingerprint density at radius 1 is 0.500 bits per heavy atom. The van der Waals surface area contributed by atoms with Crippen molar-refractivity contribution in [2.24, 2.45) is 0 Å². The first-order valence-corrected chi connectivity index (χ1v) is 9.48. The van der Waals surface area contributed by atoms with Gasteiger partial charge in [0.15, 0.2) is 17.5 Å². The van der Waals surface area contributed by atoms with Gasteiger partial charge in [-0.1, -0.05) is 77.9 Å². The zero-order valence-electron chi connectivity index (χ0n) is 16.7. The van der Waals surface area contributed by atoms with Crippen LogP contribution < -0.4 is 0 Å². The summed E-state index contributed by atoms with van der Waals surface area (Å²) < 4.78 is 0. The molecule has 0 aliphatic rings. The SMILES string of the molecule is Cc1ccc(-c2nc(-c3ccccc3)nc(-c3ccc(C)cc3C)n2)c(C)c1. The number of aromatic nitrogens is 3. The first-order chi connectivity index (χ1) is 13.5. The smallest absolute Gasteiger partial charge is 0.164 e. The Hall–Kier alpha value is -3.33. The lowest BCUT2D eigenvalue weighted by Gasteiger charge is -2.12. The van der Waals surface area contributed by atoms with Gasteiger partial charge in [0.2, 0.25) is 0 Å². The van der Waals surface area contributed by atoms with Gasteiger partial charge in [-0.25, -0.2) is 15.0 Å². The van der Waals surface area contributed by atoms with E-state index in [9.17, 15) is 0 Å². The highest BCUT2D eigenvalue weighted by molar-refractivity contribution is 5.69. The van der Waals surface area contributed by atoms with Gasteiger partial charge in [0.05, 0.1) is 0 Å². The lowest BCUT2D eigenvalue weighted by Crippen LogP contribution is -2.02. The normalized spacial score (nSPS) is 10.9. The fraction of sp³-hybridized carbons (Fsp3) is 0.160. The molecule has 0 amide bonds. The largest absolute Gasteiger partial charge is 0.208 e. The predicted octanol–water partition coefficient (Wildman–Crippen LogP) is 6.11.